The highest BCUT2D eigenvalue weighted by atomic mass is 16.1. The van der Waals surface area contributed by atoms with E-state index in [0.717, 1.165) is 0 Å². The zero-order valence-electron chi connectivity index (χ0n) is 9.66. The maximum absolute atomic E-state index is 11.0. The highest BCUT2D eigenvalue weighted by Gasteiger charge is 2.17. The van der Waals surface area contributed by atoms with E-state index in [1.165, 1.54) is 11.1 Å². The number of amides is 1. The number of benzene rings is 1. The summed E-state index contributed by atoms with van der Waals surface area (Å²) >= 11 is 0. The molecule has 1 unspecified atom stereocenters. The van der Waals surface area contributed by atoms with Crippen LogP contribution in [0.2, 0.25) is 0 Å². The molecule has 0 aromatic heterocycles. The van der Waals surface area contributed by atoms with Crippen molar-refractivity contribution in [2.24, 2.45) is 11.7 Å². The summed E-state index contributed by atoms with van der Waals surface area (Å²) in [6.45, 7) is 6.30. The van der Waals surface area contributed by atoms with Gasteiger partial charge >= 0.3 is 0 Å². The number of carbonyl (C=O) groups excluding carboxylic acids is 1. The second-order valence-electron chi connectivity index (χ2n) is 4.44. The van der Waals surface area contributed by atoms with E-state index in [1.807, 2.05) is 6.07 Å². The van der Waals surface area contributed by atoms with Crippen LogP contribution >= 0.6 is 0 Å². The molecule has 0 aliphatic heterocycles. The summed E-state index contributed by atoms with van der Waals surface area (Å²) in [5.41, 5.74) is 7.70. The Labute approximate surface area is 91.5 Å². The van der Waals surface area contributed by atoms with Gasteiger partial charge in [-0.25, -0.2) is 0 Å². The van der Waals surface area contributed by atoms with Crippen molar-refractivity contribution in [3.8, 4) is 0 Å². The third kappa shape index (κ3) is 3.39. The van der Waals surface area contributed by atoms with E-state index in [1.54, 1.807) is 0 Å². The normalized spacial score (nSPS) is 12.8. The predicted molar refractivity (Wildman–Crippen MR) is 62.6 cm³/mol. The predicted octanol–water partition coefficient (Wildman–Crippen LogP) is 2.61. The lowest BCUT2D eigenvalue weighted by Gasteiger charge is -2.20. The maximum atomic E-state index is 11.0. The van der Waals surface area contributed by atoms with Gasteiger partial charge in [-0.1, -0.05) is 43.7 Å². The summed E-state index contributed by atoms with van der Waals surface area (Å²) < 4.78 is 0. The lowest BCUT2D eigenvalue weighted by Crippen LogP contribution is -2.18. The van der Waals surface area contributed by atoms with E-state index in [-0.39, 0.29) is 11.8 Å². The first-order valence-electron chi connectivity index (χ1n) is 5.35. The van der Waals surface area contributed by atoms with E-state index in [9.17, 15) is 4.79 Å². The van der Waals surface area contributed by atoms with Crippen molar-refractivity contribution in [2.45, 2.75) is 33.1 Å². The highest BCUT2D eigenvalue weighted by molar-refractivity contribution is 5.74. The highest BCUT2D eigenvalue weighted by Crippen LogP contribution is 2.27. The Morgan fingerprint density at radius 3 is 2.53 bits per heavy atom. The minimum Gasteiger partial charge on any atom is -0.370 e. The summed E-state index contributed by atoms with van der Waals surface area (Å²) in [6.07, 6.45) is 0.432. The molecule has 1 amide bonds. The van der Waals surface area contributed by atoms with Crippen molar-refractivity contribution < 1.29 is 4.79 Å². The number of hydrogen-bond acceptors (Lipinski definition) is 1. The van der Waals surface area contributed by atoms with Crippen LogP contribution in [0.25, 0.3) is 0 Å². The molecule has 0 radical (unpaired) electrons. The third-order valence-corrected chi connectivity index (χ3v) is 2.70. The van der Waals surface area contributed by atoms with Gasteiger partial charge < -0.3 is 5.73 Å². The van der Waals surface area contributed by atoms with E-state index in [4.69, 9.17) is 5.73 Å². The molecule has 0 saturated carbocycles. The number of rotatable bonds is 4. The van der Waals surface area contributed by atoms with E-state index >= 15 is 0 Å². The molecule has 0 heterocycles. The molecular weight excluding hydrogens is 186 g/mol. The SMILES string of the molecule is Cc1cccc(C(CC(N)=O)C(C)C)c1. The van der Waals surface area contributed by atoms with Gasteiger partial charge in [-0.3, -0.25) is 4.79 Å². The fraction of sp³-hybridized carbons (Fsp3) is 0.462. The topological polar surface area (TPSA) is 43.1 Å². The number of hydrogen-bond donors (Lipinski definition) is 1. The van der Waals surface area contributed by atoms with Gasteiger partial charge in [-0.2, -0.15) is 0 Å². The standard InChI is InChI=1S/C13H19NO/c1-9(2)12(8-13(14)15)11-6-4-5-10(3)7-11/h4-7,9,12H,8H2,1-3H3,(H2,14,15). The Balaban J connectivity index is 2.93. The van der Waals surface area contributed by atoms with Crippen LogP contribution in [0.15, 0.2) is 24.3 Å². The molecule has 0 aliphatic rings. The second-order valence-corrected chi connectivity index (χ2v) is 4.44. The Hall–Kier alpha value is -1.31. The van der Waals surface area contributed by atoms with Gasteiger partial charge in [0.2, 0.25) is 5.91 Å². The molecule has 0 bridgehead atoms. The van der Waals surface area contributed by atoms with E-state index < -0.39 is 0 Å². The van der Waals surface area contributed by atoms with Crippen LogP contribution in [0, 0.1) is 12.8 Å². The molecule has 15 heavy (non-hydrogen) atoms. The number of carbonyl (C=O) groups is 1. The van der Waals surface area contributed by atoms with Gasteiger partial charge in [0.25, 0.3) is 0 Å². The quantitative estimate of drug-likeness (QED) is 0.806. The van der Waals surface area contributed by atoms with Crippen molar-refractivity contribution in [3.05, 3.63) is 35.4 Å². The van der Waals surface area contributed by atoms with Crippen molar-refractivity contribution in [1.29, 1.82) is 0 Å². The third-order valence-electron chi connectivity index (χ3n) is 2.70. The molecule has 0 aliphatic carbocycles. The summed E-state index contributed by atoms with van der Waals surface area (Å²) in [4.78, 5) is 11.0. The van der Waals surface area contributed by atoms with Gasteiger partial charge in [0.15, 0.2) is 0 Å². The Morgan fingerprint density at radius 2 is 2.07 bits per heavy atom. The van der Waals surface area contributed by atoms with Crippen LogP contribution in [-0.4, -0.2) is 5.91 Å². The molecule has 2 heteroatoms. The molecule has 82 valence electrons. The van der Waals surface area contributed by atoms with Crippen LogP contribution in [-0.2, 0) is 4.79 Å². The second kappa shape index (κ2) is 4.96. The average Bonchev–Trinajstić information content (AvgIpc) is 2.13. The minimum absolute atomic E-state index is 0.227. The molecule has 2 N–H and O–H groups in total. The monoisotopic (exact) mass is 205 g/mol. The molecule has 1 atom stereocenters. The van der Waals surface area contributed by atoms with Crippen molar-refractivity contribution in [3.63, 3.8) is 0 Å². The van der Waals surface area contributed by atoms with Crippen LogP contribution in [0.5, 0.6) is 0 Å². The Morgan fingerprint density at radius 1 is 1.40 bits per heavy atom. The molecule has 1 aromatic rings. The fourth-order valence-corrected chi connectivity index (χ4v) is 1.86. The van der Waals surface area contributed by atoms with E-state index in [0.29, 0.717) is 12.3 Å². The van der Waals surface area contributed by atoms with E-state index in [2.05, 4.69) is 39.0 Å². The lowest BCUT2D eigenvalue weighted by molar-refractivity contribution is -0.118. The molecular formula is C13H19NO. The average molecular weight is 205 g/mol. The largest absolute Gasteiger partial charge is 0.370 e. The zero-order chi connectivity index (χ0) is 11.4. The molecule has 2 nitrogen and oxygen atoms in total. The van der Waals surface area contributed by atoms with Gasteiger partial charge in [0.1, 0.15) is 0 Å². The smallest absolute Gasteiger partial charge is 0.218 e. The molecule has 1 rings (SSSR count). The maximum Gasteiger partial charge on any atom is 0.218 e. The first-order valence-corrected chi connectivity index (χ1v) is 5.35. The van der Waals surface area contributed by atoms with Crippen LogP contribution in [0.3, 0.4) is 0 Å². The Kier molecular flexibility index (Phi) is 3.89. The molecule has 0 saturated heterocycles. The van der Waals surface area contributed by atoms with Gasteiger partial charge in [-0.15, -0.1) is 0 Å². The summed E-state index contributed by atoms with van der Waals surface area (Å²) in [6, 6.07) is 8.29. The number of primary amides is 1. The first kappa shape index (κ1) is 11.8. The first-order chi connectivity index (χ1) is 7.00. The van der Waals surface area contributed by atoms with Crippen LogP contribution in [0.4, 0.5) is 0 Å². The Bertz CT molecular complexity index is 344. The zero-order valence-corrected chi connectivity index (χ0v) is 9.66. The minimum atomic E-state index is -0.227. The molecule has 0 spiro atoms. The molecule has 0 fully saturated rings. The molecule has 1 aromatic carbocycles. The summed E-state index contributed by atoms with van der Waals surface area (Å²) in [7, 11) is 0. The van der Waals surface area contributed by atoms with Crippen LogP contribution < -0.4 is 5.73 Å². The van der Waals surface area contributed by atoms with Crippen molar-refractivity contribution in [1.82, 2.24) is 0 Å². The van der Waals surface area contributed by atoms with Gasteiger partial charge in [-0.05, 0) is 24.3 Å². The van der Waals surface area contributed by atoms with Crippen LogP contribution in [0.1, 0.15) is 37.3 Å². The fourth-order valence-electron chi connectivity index (χ4n) is 1.86. The van der Waals surface area contributed by atoms with Gasteiger partial charge in [0, 0.05) is 6.42 Å². The lowest BCUT2D eigenvalue weighted by atomic mass is 9.85. The number of nitrogens with two attached hydrogens (primary N) is 1. The summed E-state index contributed by atoms with van der Waals surface area (Å²) in [5.74, 6) is 0.442. The van der Waals surface area contributed by atoms with Crippen molar-refractivity contribution in [2.75, 3.05) is 0 Å². The van der Waals surface area contributed by atoms with Crippen molar-refractivity contribution >= 4 is 5.91 Å². The van der Waals surface area contributed by atoms with Gasteiger partial charge in [0.05, 0.1) is 0 Å². The summed E-state index contributed by atoms with van der Waals surface area (Å²) in [5, 5.41) is 0. The number of aryl methyl sites for hydroxylation is 1.